The number of ether oxygens (including phenoxy) is 1. The van der Waals surface area contributed by atoms with E-state index in [-0.39, 0.29) is 45.7 Å². The number of nitrogens with zero attached hydrogens (tertiary/aromatic N) is 1. The summed E-state index contributed by atoms with van der Waals surface area (Å²) < 4.78 is 30.4. The van der Waals surface area contributed by atoms with E-state index in [0.29, 0.717) is 48.3 Å². The topological polar surface area (TPSA) is 113 Å². The number of carboxylic acid groups (broad SMARTS) is 1. The number of rotatable bonds is 11. The second kappa shape index (κ2) is 13.8. The molecule has 1 aliphatic heterocycles. The first kappa shape index (κ1) is 39.5. The number of esters is 1. The summed E-state index contributed by atoms with van der Waals surface area (Å²) in [5, 5.41) is 13.7. The van der Waals surface area contributed by atoms with Crippen molar-refractivity contribution in [2.45, 2.75) is 157 Å². The molecule has 6 aliphatic rings. The molecule has 1 saturated heterocycles. The quantitative estimate of drug-likeness (QED) is 0.208. The molecule has 0 amide bonds. The van der Waals surface area contributed by atoms with Gasteiger partial charge in [0.25, 0.3) is 0 Å². The summed E-state index contributed by atoms with van der Waals surface area (Å²) in [5.41, 5.74) is -0.305. The van der Waals surface area contributed by atoms with Crippen LogP contribution in [-0.2, 0) is 24.2 Å². The van der Waals surface area contributed by atoms with Crippen molar-refractivity contribution >= 4 is 21.8 Å². The molecular weight excluding hydrogens is 661 g/mol. The van der Waals surface area contributed by atoms with Gasteiger partial charge in [-0.15, -0.1) is 0 Å². The molecule has 8 nitrogen and oxygen atoms in total. The number of carbonyl (C=O) groups is 2. The number of aliphatic carboxylic acids is 1. The summed E-state index contributed by atoms with van der Waals surface area (Å²) in [7, 11) is -2.86. The number of sulfone groups is 1. The Bertz CT molecular complexity index is 1420. The molecule has 0 aromatic rings. The van der Waals surface area contributed by atoms with Crippen LogP contribution in [0.3, 0.4) is 0 Å². The smallest absolute Gasteiger partial charge is 0.312 e. The first-order valence-corrected chi connectivity index (χ1v) is 22.7. The van der Waals surface area contributed by atoms with E-state index in [1.807, 2.05) is 0 Å². The van der Waals surface area contributed by atoms with E-state index in [0.717, 1.165) is 38.3 Å². The fourth-order valence-electron chi connectivity index (χ4n) is 14.2. The van der Waals surface area contributed by atoms with Crippen LogP contribution >= 0.6 is 0 Å². The molecule has 2 N–H and O–H groups in total. The van der Waals surface area contributed by atoms with Crippen LogP contribution in [0.1, 0.15) is 145 Å². The number of nitrogens with one attached hydrogen (secondary N) is 1. The molecular formula is C42H72N2O6S. The number of fused-ring (bicyclic) bond motifs is 7. The van der Waals surface area contributed by atoms with Crippen LogP contribution in [0.5, 0.6) is 0 Å². The Morgan fingerprint density at radius 2 is 1.59 bits per heavy atom. The lowest BCUT2D eigenvalue weighted by Gasteiger charge is -2.73. The van der Waals surface area contributed by atoms with Crippen molar-refractivity contribution in [3.63, 3.8) is 0 Å². The average Bonchev–Trinajstić information content (AvgIpc) is 3.40. The van der Waals surface area contributed by atoms with Gasteiger partial charge in [0, 0.05) is 37.1 Å². The Morgan fingerprint density at radius 3 is 2.25 bits per heavy atom. The van der Waals surface area contributed by atoms with Gasteiger partial charge in [0.2, 0.25) is 0 Å². The molecule has 1 unspecified atom stereocenters. The second-order valence-corrected chi connectivity index (χ2v) is 22.7. The number of hydrogen-bond donors (Lipinski definition) is 2. The molecule has 0 radical (unpaired) electrons. The maximum atomic E-state index is 13.3. The van der Waals surface area contributed by atoms with Gasteiger partial charge in [-0.2, -0.15) is 0 Å². The fourth-order valence-corrected chi connectivity index (χ4v) is 15.5. The maximum absolute atomic E-state index is 13.3. The standard InChI is InChI=1S/C42H72N2O6S/c1-9-10-11-29-14-19-42(43-22-23-44-24-26-51(48,49)27-25-44)21-20-40(7)30(35(29)42)12-13-32-39(6)17-16-33(50-36(47)37(2,3)28-34(45)46)38(4,5)31(39)15-18-41(32,40)8/h29-33,35,43H,9-28H2,1-8H3,(H,45,46)/t29-,30-,31+,32-,33+,35-,39+,40-,41-,42?/m1/s1. The van der Waals surface area contributed by atoms with E-state index in [2.05, 4.69) is 51.8 Å². The lowest BCUT2D eigenvalue weighted by Crippen LogP contribution is -2.69. The normalized spacial score (nSPS) is 43.3. The zero-order chi connectivity index (χ0) is 37.3. The summed E-state index contributed by atoms with van der Waals surface area (Å²) in [6.45, 7) is 21.6. The van der Waals surface area contributed by atoms with Crippen molar-refractivity contribution in [1.29, 1.82) is 0 Å². The molecule has 6 fully saturated rings. The van der Waals surface area contributed by atoms with Gasteiger partial charge in [0.1, 0.15) is 6.10 Å². The maximum Gasteiger partial charge on any atom is 0.312 e. The molecule has 10 atom stereocenters. The summed E-state index contributed by atoms with van der Waals surface area (Å²) in [4.78, 5) is 27.2. The molecule has 51 heavy (non-hydrogen) atoms. The zero-order valence-electron chi connectivity index (χ0n) is 33.5. The van der Waals surface area contributed by atoms with Crippen molar-refractivity contribution < 1.29 is 27.9 Å². The number of hydrogen-bond acceptors (Lipinski definition) is 7. The van der Waals surface area contributed by atoms with Gasteiger partial charge in [-0.1, -0.05) is 60.8 Å². The first-order valence-electron chi connectivity index (χ1n) is 20.9. The van der Waals surface area contributed by atoms with Gasteiger partial charge in [-0.25, -0.2) is 8.42 Å². The summed E-state index contributed by atoms with van der Waals surface area (Å²) >= 11 is 0. The SMILES string of the molecule is CCCC[C@@H]1CCC2(NCCN3CCS(=O)(=O)CC3)CC[C@]3(C)[C@H](CC[C@@H]4[C@@]5(C)CC[C@H](OC(=O)C(C)(C)CC(=O)O)C(C)(C)[C@@H]5CC[C@]43C)[C@@H]12. The highest BCUT2D eigenvalue weighted by Crippen LogP contribution is 2.76. The highest BCUT2D eigenvalue weighted by Gasteiger charge is 2.71. The molecule has 0 bridgehead atoms. The predicted octanol–water partition coefficient (Wildman–Crippen LogP) is 7.74. The van der Waals surface area contributed by atoms with E-state index in [1.54, 1.807) is 13.8 Å². The van der Waals surface area contributed by atoms with Gasteiger partial charge < -0.3 is 20.1 Å². The zero-order valence-corrected chi connectivity index (χ0v) is 34.3. The Kier molecular flexibility index (Phi) is 10.7. The fraction of sp³-hybridized carbons (Fsp3) is 0.952. The monoisotopic (exact) mass is 733 g/mol. The number of unbranched alkanes of at least 4 members (excludes halogenated alkanes) is 1. The van der Waals surface area contributed by atoms with Crippen LogP contribution < -0.4 is 5.32 Å². The van der Waals surface area contributed by atoms with Crippen LogP contribution in [0.2, 0.25) is 0 Å². The lowest BCUT2D eigenvalue weighted by atomic mass is 9.32. The van der Waals surface area contributed by atoms with E-state index in [9.17, 15) is 23.1 Å². The first-order chi connectivity index (χ1) is 23.7. The van der Waals surface area contributed by atoms with Crippen LogP contribution in [0.4, 0.5) is 0 Å². The van der Waals surface area contributed by atoms with E-state index >= 15 is 0 Å². The van der Waals surface area contributed by atoms with Gasteiger partial charge in [0.15, 0.2) is 9.84 Å². The molecule has 6 rings (SSSR count). The van der Waals surface area contributed by atoms with Crippen molar-refractivity contribution in [3.05, 3.63) is 0 Å². The van der Waals surface area contributed by atoms with Crippen LogP contribution in [0, 0.1) is 56.7 Å². The minimum atomic E-state index is -2.86. The Hall–Kier alpha value is -1.19. The lowest BCUT2D eigenvalue weighted by molar-refractivity contribution is -0.248. The van der Waals surface area contributed by atoms with Crippen LogP contribution in [0.25, 0.3) is 0 Å². The van der Waals surface area contributed by atoms with Crippen molar-refractivity contribution in [1.82, 2.24) is 10.2 Å². The van der Waals surface area contributed by atoms with E-state index < -0.39 is 21.2 Å². The van der Waals surface area contributed by atoms with Crippen molar-refractivity contribution in [2.75, 3.05) is 37.7 Å². The van der Waals surface area contributed by atoms with Crippen LogP contribution in [0.15, 0.2) is 0 Å². The molecule has 0 aromatic carbocycles. The van der Waals surface area contributed by atoms with Gasteiger partial charge in [-0.05, 0) is 124 Å². The van der Waals surface area contributed by atoms with Crippen molar-refractivity contribution in [3.8, 4) is 0 Å². The average molecular weight is 733 g/mol. The van der Waals surface area contributed by atoms with Gasteiger partial charge in [0.05, 0.1) is 23.3 Å². The Balaban J connectivity index is 1.21. The largest absolute Gasteiger partial charge is 0.481 e. The second-order valence-electron chi connectivity index (χ2n) is 20.4. The molecule has 5 aliphatic carbocycles. The van der Waals surface area contributed by atoms with Crippen molar-refractivity contribution in [2.24, 2.45) is 56.7 Å². The highest BCUT2D eigenvalue weighted by atomic mass is 32.2. The number of carboxylic acids is 1. The molecule has 9 heteroatoms. The third-order valence-corrected chi connectivity index (χ3v) is 18.8. The number of carbonyl (C=O) groups excluding carboxylic acids is 1. The van der Waals surface area contributed by atoms with Gasteiger partial charge >= 0.3 is 11.9 Å². The molecule has 1 heterocycles. The van der Waals surface area contributed by atoms with Gasteiger partial charge in [-0.3, -0.25) is 9.59 Å². The Morgan fingerprint density at radius 1 is 0.882 bits per heavy atom. The highest BCUT2D eigenvalue weighted by molar-refractivity contribution is 7.91. The minimum Gasteiger partial charge on any atom is -0.481 e. The molecule has 0 aromatic heterocycles. The third-order valence-electron chi connectivity index (χ3n) is 17.2. The molecule has 292 valence electrons. The van der Waals surface area contributed by atoms with E-state index in [1.165, 1.54) is 64.2 Å². The predicted molar refractivity (Wildman–Crippen MR) is 203 cm³/mol. The van der Waals surface area contributed by atoms with Crippen LogP contribution in [-0.4, -0.2) is 79.7 Å². The third kappa shape index (κ3) is 6.76. The molecule has 0 spiro atoms. The summed E-state index contributed by atoms with van der Waals surface area (Å²) in [5.74, 6) is 2.54. The minimum absolute atomic E-state index is 0.177. The summed E-state index contributed by atoms with van der Waals surface area (Å²) in [6.07, 6.45) is 15.5. The summed E-state index contributed by atoms with van der Waals surface area (Å²) in [6, 6.07) is 0. The van der Waals surface area contributed by atoms with E-state index in [4.69, 9.17) is 4.74 Å². The Labute approximate surface area is 310 Å². The molecule has 5 saturated carbocycles.